The molecule has 0 radical (unpaired) electrons. The monoisotopic (exact) mass is 376 g/mol. The summed E-state index contributed by atoms with van der Waals surface area (Å²) in [5, 5.41) is 3.51. The number of nitrogens with one attached hydrogen (secondary N) is 1. The zero-order valence-electron chi connectivity index (χ0n) is 12.1. The van der Waals surface area contributed by atoms with Crippen molar-refractivity contribution >= 4 is 64.1 Å². The summed E-state index contributed by atoms with van der Waals surface area (Å²) in [4.78, 5) is 26.2. The van der Waals surface area contributed by atoms with Crippen LogP contribution in [0, 0.1) is 0 Å². The summed E-state index contributed by atoms with van der Waals surface area (Å²) >= 11 is 17.1. The van der Waals surface area contributed by atoms with Crippen LogP contribution in [0.4, 0.5) is 5.69 Å². The van der Waals surface area contributed by atoms with Crippen molar-refractivity contribution in [2.24, 2.45) is 0 Å². The molecule has 1 fully saturated rings. The van der Waals surface area contributed by atoms with Crippen LogP contribution in [0.2, 0.25) is 10.0 Å². The Morgan fingerprint density at radius 2 is 1.67 bits per heavy atom. The lowest BCUT2D eigenvalue weighted by atomic mass is 10.1. The van der Waals surface area contributed by atoms with Gasteiger partial charge in [-0.15, -0.1) is 0 Å². The number of hydrogen-bond donors (Lipinski definition) is 1. The highest BCUT2D eigenvalue weighted by Gasteiger charge is 2.34. The van der Waals surface area contributed by atoms with Gasteiger partial charge < -0.3 is 0 Å². The van der Waals surface area contributed by atoms with Crippen molar-refractivity contribution in [2.75, 3.05) is 4.90 Å². The zero-order chi connectivity index (χ0) is 17.3. The Labute approximate surface area is 153 Å². The van der Waals surface area contributed by atoms with Crippen LogP contribution in [-0.4, -0.2) is 16.9 Å². The van der Waals surface area contributed by atoms with Gasteiger partial charge in [0.05, 0.1) is 5.69 Å². The fourth-order valence-electron chi connectivity index (χ4n) is 2.23. The van der Waals surface area contributed by atoms with Gasteiger partial charge in [-0.05, 0) is 54.2 Å². The van der Waals surface area contributed by atoms with E-state index in [-0.39, 0.29) is 10.7 Å². The quantitative estimate of drug-likeness (QED) is 0.492. The van der Waals surface area contributed by atoms with Crippen molar-refractivity contribution in [1.82, 2.24) is 5.32 Å². The molecule has 2 aromatic rings. The van der Waals surface area contributed by atoms with Gasteiger partial charge in [0.25, 0.3) is 11.8 Å². The highest BCUT2D eigenvalue weighted by Crippen LogP contribution is 2.25. The first-order valence-corrected chi connectivity index (χ1v) is 8.05. The molecule has 2 aromatic carbocycles. The molecular formula is C17H10Cl2N2O2S. The fourth-order valence-corrected chi connectivity index (χ4v) is 2.83. The molecule has 4 nitrogen and oxygen atoms in total. The van der Waals surface area contributed by atoms with Crippen LogP contribution in [-0.2, 0) is 9.59 Å². The van der Waals surface area contributed by atoms with E-state index in [1.807, 2.05) is 0 Å². The summed E-state index contributed by atoms with van der Waals surface area (Å²) in [5.41, 5.74) is 1.03. The summed E-state index contributed by atoms with van der Waals surface area (Å²) in [6.07, 6.45) is 1.45. The predicted molar refractivity (Wildman–Crippen MR) is 99.1 cm³/mol. The summed E-state index contributed by atoms with van der Waals surface area (Å²) in [5.74, 6) is -1.08. The smallest absolute Gasteiger partial charge is 0.270 e. The van der Waals surface area contributed by atoms with Gasteiger partial charge in [-0.25, -0.2) is 0 Å². The predicted octanol–water partition coefficient (Wildman–Crippen LogP) is 3.82. The van der Waals surface area contributed by atoms with Crippen molar-refractivity contribution in [2.45, 2.75) is 0 Å². The maximum atomic E-state index is 12.8. The topological polar surface area (TPSA) is 49.4 Å². The van der Waals surface area contributed by atoms with Crippen LogP contribution >= 0.6 is 35.4 Å². The van der Waals surface area contributed by atoms with Crippen molar-refractivity contribution in [1.29, 1.82) is 0 Å². The number of rotatable bonds is 2. The van der Waals surface area contributed by atoms with E-state index in [4.69, 9.17) is 35.4 Å². The molecule has 0 saturated carbocycles. The Kier molecular flexibility index (Phi) is 4.66. The van der Waals surface area contributed by atoms with E-state index in [1.54, 1.807) is 48.5 Å². The van der Waals surface area contributed by atoms with Gasteiger partial charge in [-0.2, -0.15) is 0 Å². The third-order valence-electron chi connectivity index (χ3n) is 3.39. The minimum Gasteiger partial charge on any atom is -0.298 e. The number of thiocarbonyl (C=S) groups is 1. The Bertz CT molecular complexity index is 878. The van der Waals surface area contributed by atoms with Gasteiger partial charge in [0.15, 0.2) is 5.11 Å². The van der Waals surface area contributed by atoms with E-state index in [9.17, 15) is 9.59 Å². The first-order valence-electron chi connectivity index (χ1n) is 6.89. The molecule has 0 bridgehead atoms. The molecule has 2 amide bonds. The number of carbonyl (C=O) groups excluding carboxylic acids is 2. The van der Waals surface area contributed by atoms with E-state index in [0.29, 0.717) is 21.3 Å². The third kappa shape index (κ3) is 3.19. The lowest BCUT2D eigenvalue weighted by Gasteiger charge is -2.29. The fraction of sp³-hybridized carbons (Fsp3) is 0. The Morgan fingerprint density at radius 3 is 2.33 bits per heavy atom. The Balaban J connectivity index is 2.03. The number of amides is 2. The van der Waals surface area contributed by atoms with Gasteiger partial charge in [-0.3, -0.25) is 19.8 Å². The zero-order valence-corrected chi connectivity index (χ0v) is 14.5. The van der Waals surface area contributed by atoms with Crippen LogP contribution in [0.5, 0.6) is 0 Å². The molecule has 120 valence electrons. The SMILES string of the molecule is O=C1NC(=S)N(c2ccc(Cl)cc2)C(=O)/C1=C/c1ccccc1Cl. The highest BCUT2D eigenvalue weighted by molar-refractivity contribution is 7.80. The first kappa shape index (κ1) is 16.6. The average Bonchev–Trinajstić information content (AvgIpc) is 2.54. The summed E-state index contributed by atoms with van der Waals surface area (Å²) in [7, 11) is 0. The van der Waals surface area contributed by atoms with Crippen molar-refractivity contribution < 1.29 is 9.59 Å². The molecule has 0 aliphatic carbocycles. The van der Waals surface area contributed by atoms with E-state index in [1.165, 1.54) is 11.0 Å². The number of anilines is 1. The molecule has 1 saturated heterocycles. The second-order valence-electron chi connectivity index (χ2n) is 4.96. The maximum absolute atomic E-state index is 12.8. The number of hydrogen-bond acceptors (Lipinski definition) is 3. The minimum absolute atomic E-state index is 0.0173. The highest BCUT2D eigenvalue weighted by atomic mass is 35.5. The summed E-state index contributed by atoms with van der Waals surface area (Å²) in [6.45, 7) is 0. The second-order valence-corrected chi connectivity index (χ2v) is 6.19. The van der Waals surface area contributed by atoms with Gasteiger partial charge in [-0.1, -0.05) is 41.4 Å². The lowest BCUT2D eigenvalue weighted by molar-refractivity contribution is -0.122. The number of carbonyl (C=O) groups is 2. The lowest BCUT2D eigenvalue weighted by Crippen LogP contribution is -2.54. The van der Waals surface area contributed by atoms with Crippen molar-refractivity contribution in [3.8, 4) is 0 Å². The van der Waals surface area contributed by atoms with Crippen LogP contribution in [0.3, 0.4) is 0 Å². The van der Waals surface area contributed by atoms with Gasteiger partial charge in [0, 0.05) is 10.0 Å². The van der Waals surface area contributed by atoms with Gasteiger partial charge in [0.2, 0.25) is 0 Å². The van der Waals surface area contributed by atoms with E-state index < -0.39 is 11.8 Å². The van der Waals surface area contributed by atoms with Gasteiger partial charge in [0.1, 0.15) is 5.57 Å². The van der Waals surface area contributed by atoms with Crippen LogP contribution in [0.1, 0.15) is 5.56 Å². The number of nitrogens with zero attached hydrogens (tertiary/aromatic N) is 1. The normalized spacial score (nSPS) is 16.5. The Hall–Kier alpha value is -2.21. The number of benzene rings is 2. The molecule has 1 aliphatic rings. The largest absolute Gasteiger partial charge is 0.298 e. The first-order chi connectivity index (χ1) is 11.5. The second kappa shape index (κ2) is 6.73. The molecular weight excluding hydrogens is 367 g/mol. The van der Waals surface area contributed by atoms with Crippen molar-refractivity contribution in [3.05, 3.63) is 69.7 Å². The maximum Gasteiger partial charge on any atom is 0.270 e. The molecule has 0 spiro atoms. The van der Waals surface area contributed by atoms with E-state index in [0.717, 1.165) is 0 Å². The van der Waals surface area contributed by atoms with E-state index >= 15 is 0 Å². The van der Waals surface area contributed by atoms with Crippen LogP contribution in [0.15, 0.2) is 54.1 Å². The third-order valence-corrected chi connectivity index (χ3v) is 4.27. The molecule has 1 heterocycles. The summed E-state index contributed by atoms with van der Waals surface area (Å²) < 4.78 is 0. The molecule has 7 heteroatoms. The van der Waals surface area contributed by atoms with Crippen LogP contribution in [0.25, 0.3) is 6.08 Å². The molecule has 3 rings (SSSR count). The standard InChI is InChI=1S/C17H10Cl2N2O2S/c18-11-5-7-12(8-6-11)21-16(23)13(15(22)20-17(21)24)9-10-3-1-2-4-14(10)19/h1-9H,(H,20,22,24)/b13-9+. The average molecular weight is 377 g/mol. The van der Waals surface area contributed by atoms with E-state index in [2.05, 4.69) is 5.32 Å². The molecule has 0 aromatic heterocycles. The molecule has 0 atom stereocenters. The number of halogens is 2. The molecule has 1 aliphatic heterocycles. The van der Waals surface area contributed by atoms with Gasteiger partial charge >= 0.3 is 0 Å². The van der Waals surface area contributed by atoms with Crippen LogP contribution < -0.4 is 10.2 Å². The van der Waals surface area contributed by atoms with Crippen molar-refractivity contribution in [3.63, 3.8) is 0 Å². The summed E-state index contributed by atoms with van der Waals surface area (Å²) in [6, 6.07) is 13.5. The molecule has 1 N–H and O–H groups in total. The minimum atomic E-state index is -0.560. The Morgan fingerprint density at radius 1 is 1.00 bits per heavy atom. The molecule has 24 heavy (non-hydrogen) atoms. The molecule has 0 unspecified atom stereocenters.